The highest BCUT2D eigenvalue weighted by Crippen LogP contribution is 2.27. The number of halogens is 2. The van der Waals surface area contributed by atoms with Crippen LogP contribution < -0.4 is 9.62 Å². The summed E-state index contributed by atoms with van der Waals surface area (Å²) in [6, 6.07) is 10.9. The van der Waals surface area contributed by atoms with Crippen LogP contribution in [0.2, 0.25) is 10.0 Å². The molecule has 7 nitrogen and oxygen atoms in total. The number of aryl methyl sites for hydroxylation is 1. The summed E-state index contributed by atoms with van der Waals surface area (Å²) in [5.41, 5.74) is 1.57. The van der Waals surface area contributed by atoms with Crippen LogP contribution in [0.1, 0.15) is 38.3 Å². The lowest BCUT2D eigenvalue weighted by molar-refractivity contribution is -0.139. The summed E-state index contributed by atoms with van der Waals surface area (Å²) in [4.78, 5) is 27.8. The van der Waals surface area contributed by atoms with E-state index in [0.29, 0.717) is 26.9 Å². The standard InChI is InChI=1S/C24H31Cl2N3O4S/c1-6-17(3)27-24(31)18(4)28(14-19-20(25)11-9-12-21(19)26)23(30)15-29(34(5,32)33)22-13-8-7-10-16(22)2/h7-13,17-18H,6,14-15H2,1-5H3,(H,27,31)/t17-,18+/m1/s1. The average Bonchev–Trinajstić information content (AvgIpc) is 2.76. The Morgan fingerprint density at radius 3 is 2.15 bits per heavy atom. The zero-order valence-corrected chi connectivity index (χ0v) is 22.3. The second-order valence-electron chi connectivity index (χ2n) is 8.27. The maximum atomic E-state index is 13.6. The third kappa shape index (κ3) is 7.10. The van der Waals surface area contributed by atoms with Crippen molar-refractivity contribution in [3.8, 4) is 0 Å². The zero-order valence-electron chi connectivity index (χ0n) is 20.0. The molecule has 10 heteroatoms. The number of rotatable bonds is 10. The molecule has 0 spiro atoms. The molecule has 0 aliphatic carbocycles. The van der Waals surface area contributed by atoms with Gasteiger partial charge in [0.25, 0.3) is 0 Å². The molecule has 2 aromatic rings. The molecule has 2 aromatic carbocycles. The number of benzene rings is 2. The molecule has 0 radical (unpaired) electrons. The van der Waals surface area contributed by atoms with Gasteiger partial charge in [0.15, 0.2) is 0 Å². The molecule has 1 N–H and O–H groups in total. The van der Waals surface area contributed by atoms with Crippen LogP contribution in [0.4, 0.5) is 5.69 Å². The molecular weight excluding hydrogens is 497 g/mol. The molecule has 2 atom stereocenters. The van der Waals surface area contributed by atoms with Crippen molar-refractivity contribution in [1.82, 2.24) is 10.2 Å². The predicted molar refractivity (Wildman–Crippen MR) is 138 cm³/mol. The first-order chi connectivity index (χ1) is 15.9. The van der Waals surface area contributed by atoms with E-state index in [2.05, 4.69) is 5.32 Å². The fourth-order valence-electron chi connectivity index (χ4n) is 3.34. The second-order valence-corrected chi connectivity index (χ2v) is 11.0. The topological polar surface area (TPSA) is 86.8 Å². The molecule has 2 amide bonds. The molecular formula is C24H31Cl2N3O4S. The molecule has 0 aliphatic heterocycles. The summed E-state index contributed by atoms with van der Waals surface area (Å²) < 4.78 is 26.3. The maximum Gasteiger partial charge on any atom is 0.244 e. The van der Waals surface area contributed by atoms with E-state index < -0.39 is 28.5 Å². The lowest BCUT2D eigenvalue weighted by Crippen LogP contribution is -2.52. The van der Waals surface area contributed by atoms with Crippen LogP contribution in [0, 0.1) is 6.92 Å². The van der Waals surface area contributed by atoms with E-state index in [4.69, 9.17) is 23.2 Å². The van der Waals surface area contributed by atoms with Gasteiger partial charge < -0.3 is 10.2 Å². The van der Waals surface area contributed by atoms with E-state index in [9.17, 15) is 18.0 Å². The van der Waals surface area contributed by atoms with Crippen LogP contribution in [0.5, 0.6) is 0 Å². The number of carbonyl (C=O) groups is 2. The van der Waals surface area contributed by atoms with Crippen LogP contribution in [0.15, 0.2) is 42.5 Å². The van der Waals surface area contributed by atoms with Crippen molar-refractivity contribution in [2.24, 2.45) is 0 Å². The van der Waals surface area contributed by atoms with Crippen molar-refractivity contribution in [2.45, 2.75) is 52.7 Å². The van der Waals surface area contributed by atoms with Gasteiger partial charge >= 0.3 is 0 Å². The van der Waals surface area contributed by atoms with Gasteiger partial charge in [0.1, 0.15) is 12.6 Å². The van der Waals surface area contributed by atoms with E-state index in [-0.39, 0.29) is 18.5 Å². The Balaban J connectivity index is 2.46. The number of nitrogens with one attached hydrogen (secondary N) is 1. The normalized spacial score (nSPS) is 13.1. The van der Waals surface area contributed by atoms with E-state index in [0.717, 1.165) is 17.0 Å². The predicted octanol–water partition coefficient (Wildman–Crippen LogP) is 4.40. The molecule has 0 saturated carbocycles. The van der Waals surface area contributed by atoms with Crippen molar-refractivity contribution < 1.29 is 18.0 Å². The Kier molecular flexibility index (Phi) is 9.79. The SMILES string of the molecule is CC[C@@H](C)NC(=O)[C@H](C)N(Cc1c(Cl)cccc1Cl)C(=O)CN(c1ccccc1C)S(C)(=O)=O. The van der Waals surface area contributed by atoms with Crippen molar-refractivity contribution in [1.29, 1.82) is 0 Å². The number of amides is 2. The highest BCUT2D eigenvalue weighted by Gasteiger charge is 2.31. The molecule has 0 aromatic heterocycles. The average molecular weight is 529 g/mol. The minimum Gasteiger partial charge on any atom is -0.352 e. The van der Waals surface area contributed by atoms with Gasteiger partial charge in [-0.15, -0.1) is 0 Å². The van der Waals surface area contributed by atoms with Crippen LogP contribution in [-0.2, 0) is 26.2 Å². The minimum absolute atomic E-state index is 0.0577. The first kappa shape index (κ1) is 28.0. The summed E-state index contributed by atoms with van der Waals surface area (Å²) in [6.45, 7) is 6.63. The number of carbonyl (C=O) groups excluding carboxylic acids is 2. The lowest BCUT2D eigenvalue weighted by atomic mass is 10.1. The fourth-order valence-corrected chi connectivity index (χ4v) is 4.76. The summed E-state index contributed by atoms with van der Waals surface area (Å²) in [7, 11) is -3.79. The van der Waals surface area contributed by atoms with E-state index in [1.165, 1.54) is 4.90 Å². The van der Waals surface area contributed by atoms with Crippen LogP contribution in [-0.4, -0.2) is 50.0 Å². The van der Waals surface area contributed by atoms with E-state index in [1.54, 1.807) is 56.3 Å². The van der Waals surface area contributed by atoms with Gasteiger partial charge in [0.05, 0.1) is 11.9 Å². The Hall–Kier alpha value is -2.29. The first-order valence-corrected chi connectivity index (χ1v) is 13.5. The van der Waals surface area contributed by atoms with Crippen molar-refractivity contribution in [3.05, 3.63) is 63.6 Å². The van der Waals surface area contributed by atoms with Crippen LogP contribution in [0.3, 0.4) is 0 Å². The largest absolute Gasteiger partial charge is 0.352 e. The summed E-state index contributed by atoms with van der Waals surface area (Å²) in [6.07, 6.45) is 1.76. The fraction of sp³-hybridized carbons (Fsp3) is 0.417. The minimum atomic E-state index is -3.79. The quantitative estimate of drug-likeness (QED) is 0.495. The summed E-state index contributed by atoms with van der Waals surface area (Å²) >= 11 is 12.7. The van der Waals surface area contributed by atoms with Gasteiger partial charge in [-0.25, -0.2) is 8.42 Å². The maximum absolute atomic E-state index is 13.6. The van der Waals surface area contributed by atoms with E-state index in [1.807, 2.05) is 13.8 Å². The molecule has 0 saturated heterocycles. The van der Waals surface area contributed by atoms with Gasteiger partial charge in [-0.05, 0) is 51.0 Å². The summed E-state index contributed by atoms with van der Waals surface area (Å²) in [5.74, 6) is -0.913. The third-order valence-electron chi connectivity index (χ3n) is 5.62. The summed E-state index contributed by atoms with van der Waals surface area (Å²) in [5, 5.41) is 3.57. The number of para-hydroxylation sites is 1. The highest BCUT2D eigenvalue weighted by molar-refractivity contribution is 7.92. The van der Waals surface area contributed by atoms with Gasteiger partial charge in [-0.2, -0.15) is 0 Å². The monoisotopic (exact) mass is 527 g/mol. The molecule has 186 valence electrons. The van der Waals surface area contributed by atoms with Gasteiger partial charge in [-0.3, -0.25) is 13.9 Å². The van der Waals surface area contributed by atoms with Crippen LogP contribution in [0.25, 0.3) is 0 Å². The molecule has 0 bridgehead atoms. The number of hydrogen-bond donors (Lipinski definition) is 1. The molecule has 2 rings (SSSR count). The molecule has 0 fully saturated rings. The zero-order chi connectivity index (χ0) is 25.6. The van der Waals surface area contributed by atoms with Gasteiger partial charge in [-0.1, -0.05) is 54.4 Å². The third-order valence-corrected chi connectivity index (χ3v) is 7.46. The molecule has 0 unspecified atom stereocenters. The Labute approximate surface area is 212 Å². The molecule has 0 aliphatic rings. The van der Waals surface area contributed by atoms with E-state index >= 15 is 0 Å². The highest BCUT2D eigenvalue weighted by atomic mass is 35.5. The number of anilines is 1. The molecule has 0 heterocycles. The van der Waals surface area contributed by atoms with Crippen molar-refractivity contribution >= 4 is 50.7 Å². The van der Waals surface area contributed by atoms with Crippen molar-refractivity contribution in [3.63, 3.8) is 0 Å². The molecule has 34 heavy (non-hydrogen) atoms. The second kappa shape index (κ2) is 11.9. The Bertz CT molecular complexity index is 1120. The number of sulfonamides is 1. The number of hydrogen-bond acceptors (Lipinski definition) is 4. The first-order valence-electron chi connectivity index (χ1n) is 10.9. The van der Waals surface area contributed by atoms with Gasteiger partial charge in [0.2, 0.25) is 21.8 Å². The van der Waals surface area contributed by atoms with Crippen molar-refractivity contribution in [2.75, 3.05) is 17.1 Å². The number of nitrogens with zero attached hydrogens (tertiary/aromatic N) is 2. The lowest BCUT2D eigenvalue weighted by Gasteiger charge is -2.32. The smallest absolute Gasteiger partial charge is 0.244 e. The Morgan fingerprint density at radius 2 is 1.62 bits per heavy atom. The van der Waals surface area contributed by atoms with Crippen LogP contribution >= 0.6 is 23.2 Å². The van der Waals surface area contributed by atoms with Gasteiger partial charge in [0, 0.05) is 28.2 Å². The Morgan fingerprint density at radius 1 is 1.03 bits per heavy atom.